The van der Waals surface area contributed by atoms with Gasteiger partial charge in [-0.05, 0) is 73.8 Å². The van der Waals surface area contributed by atoms with Gasteiger partial charge >= 0.3 is 0 Å². The molecule has 2 fully saturated rings. The van der Waals surface area contributed by atoms with Gasteiger partial charge in [0, 0.05) is 62.3 Å². The molecule has 1 aromatic heterocycles. The number of fused-ring (bicyclic) bond motifs is 1. The maximum absolute atomic E-state index is 13.1. The fourth-order valence-corrected chi connectivity index (χ4v) is 5.36. The third-order valence-corrected chi connectivity index (χ3v) is 7.44. The average Bonchev–Trinajstić information content (AvgIpc) is 3.54. The molecule has 0 unspecified atom stereocenters. The molecule has 180 valence electrons. The molecule has 2 aromatic carbocycles. The fourth-order valence-electron chi connectivity index (χ4n) is 5.36. The molecule has 0 atom stereocenters. The molecule has 3 heterocycles. The Kier molecular flexibility index (Phi) is 7.16. The Morgan fingerprint density at radius 2 is 1.56 bits per heavy atom. The largest absolute Gasteiger partial charge is 0.497 e. The van der Waals surface area contributed by atoms with Crippen molar-refractivity contribution < 1.29 is 9.53 Å². The number of para-hydroxylation sites is 1. The zero-order chi connectivity index (χ0) is 23.3. The van der Waals surface area contributed by atoms with Crippen LogP contribution in [0.2, 0.25) is 0 Å². The van der Waals surface area contributed by atoms with Gasteiger partial charge < -0.3 is 19.5 Å². The summed E-state index contributed by atoms with van der Waals surface area (Å²) in [6.45, 7) is 8.48. The number of ether oxygens (including phenoxy) is 1. The van der Waals surface area contributed by atoms with E-state index >= 15 is 0 Å². The lowest BCUT2D eigenvalue weighted by atomic mass is 10.0. The highest BCUT2D eigenvalue weighted by Crippen LogP contribution is 2.32. The molecule has 2 saturated heterocycles. The predicted molar refractivity (Wildman–Crippen MR) is 137 cm³/mol. The molecule has 2 aliphatic heterocycles. The number of aryl methyl sites for hydroxylation is 1. The third kappa shape index (κ3) is 5.13. The number of benzene rings is 2. The van der Waals surface area contributed by atoms with Crippen LogP contribution in [0.15, 0.2) is 48.5 Å². The van der Waals surface area contributed by atoms with Gasteiger partial charge in [-0.3, -0.25) is 9.69 Å². The Morgan fingerprint density at radius 1 is 0.882 bits per heavy atom. The van der Waals surface area contributed by atoms with E-state index in [1.54, 1.807) is 7.11 Å². The summed E-state index contributed by atoms with van der Waals surface area (Å²) in [5.74, 6) is 1.11. The molecular weight excluding hydrogens is 424 g/mol. The summed E-state index contributed by atoms with van der Waals surface area (Å²) in [6.07, 6.45) is 3.97. The average molecular weight is 461 g/mol. The lowest BCUT2D eigenvalue weighted by Crippen LogP contribution is -2.50. The van der Waals surface area contributed by atoms with Crippen LogP contribution in [0, 0.1) is 0 Å². The number of rotatable bonds is 8. The Bertz CT molecular complexity index is 1090. The van der Waals surface area contributed by atoms with E-state index in [1.807, 2.05) is 12.1 Å². The van der Waals surface area contributed by atoms with Gasteiger partial charge in [0.05, 0.1) is 7.11 Å². The molecule has 34 heavy (non-hydrogen) atoms. The van der Waals surface area contributed by atoms with E-state index in [9.17, 15) is 4.79 Å². The first kappa shape index (κ1) is 22.9. The third-order valence-electron chi connectivity index (χ3n) is 7.44. The monoisotopic (exact) mass is 460 g/mol. The van der Waals surface area contributed by atoms with E-state index in [-0.39, 0.29) is 5.91 Å². The van der Waals surface area contributed by atoms with Crippen LogP contribution in [0.1, 0.15) is 24.8 Å². The molecule has 6 nitrogen and oxygen atoms in total. The molecule has 0 aliphatic carbocycles. The summed E-state index contributed by atoms with van der Waals surface area (Å²) in [4.78, 5) is 23.8. The van der Waals surface area contributed by atoms with Crippen LogP contribution >= 0.6 is 0 Å². The van der Waals surface area contributed by atoms with Gasteiger partial charge in [0.2, 0.25) is 5.91 Å². The van der Waals surface area contributed by atoms with Crippen LogP contribution in [-0.4, -0.2) is 85.1 Å². The molecule has 3 aromatic rings. The highest BCUT2D eigenvalue weighted by Gasteiger charge is 2.23. The number of hydrogen-bond acceptors (Lipinski definition) is 4. The standard InChI is InChI=1S/C28H36N4O2/c1-34-23-10-8-22(9-11-23)28-25(24-6-2-3-7-26(24)29-28)12-13-27(33)32-20-18-31(19-21-32)17-16-30-14-4-5-15-30/h2-3,6-11,29H,4-5,12-21H2,1H3. The second-order valence-corrected chi connectivity index (χ2v) is 9.52. The van der Waals surface area contributed by atoms with Crippen LogP contribution < -0.4 is 4.74 Å². The Hall–Kier alpha value is -2.83. The molecule has 6 heteroatoms. The summed E-state index contributed by atoms with van der Waals surface area (Å²) in [5, 5.41) is 1.20. The predicted octanol–water partition coefficient (Wildman–Crippen LogP) is 4.02. The first-order chi connectivity index (χ1) is 16.7. The first-order valence-corrected chi connectivity index (χ1v) is 12.7. The SMILES string of the molecule is COc1ccc(-c2[nH]c3ccccc3c2CCC(=O)N2CCN(CCN3CCCC3)CC2)cc1. The van der Waals surface area contributed by atoms with E-state index < -0.39 is 0 Å². The van der Waals surface area contributed by atoms with E-state index in [1.165, 1.54) is 43.4 Å². The molecule has 2 aliphatic rings. The molecular formula is C28H36N4O2. The number of amides is 1. The minimum atomic E-state index is 0.269. The van der Waals surface area contributed by atoms with Gasteiger partial charge in [0.15, 0.2) is 0 Å². The lowest BCUT2D eigenvalue weighted by Gasteiger charge is -2.35. The van der Waals surface area contributed by atoms with Crippen molar-refractivity contribution in [3.05, 3.63) is 54.1 Å². The number of carbonyl (C=O) groups excluding carboxylic acids is 1. The van der Waals surface area contributed by atoms with Crippen LogP contribution in [0.25, 0.3) is 22.2 Å². The van der Waals surface area contributed by atoms with Crippen molar-refractivity contribution in [1.82, 2.24) is 19.7 Å². The van der Waals surface area contributed by atoms with Crippen molar-refractivity contribution in [1.29, 1.82) is 0 Å². The summed E-state index contributed by atoms with van der Waals surface area (Å²) in [5.41, 5.74) is 4.55. The Morgan fingerprint density at radius 3 is 2.26 bits per heavy atom. The number of likely N-dealkylation sites (tertiary alicyclic amines) is 1. The minimum Gasteiger partial charge on any atom is -0.497 e. The van der Waals surface area contributed by atoms with Gasteiger partial charge in [-0.2, -0.15) is 0 Å². The second-order valence-electron chi connectivity index (χ2n) is 9.52. The number of aromatic nitrogens is 1. The number of methoxy groups -OCH3 is 1. The zero-order valence-electron chi connectivity index (χ0n) is 20.3. The van der Waals surface area contributed by atoms with E-state index in [0.717, 1.165) is 61.7 Å². The summed E-state index contributed by atoms with van der Waals surface area (Å²) in [7, 11) is 1.68. The van der Waals surface area contributed by atoms with E-state index in [2.05, 4.69) is 56.1 Å². The molecule has 0 saturated carbocycles. The van der Waals surface area contributed by atoms with Gasteiger partial charge in [-0.1, -0.05) is 18.2 Å². The zero-order valence-corrected chi connectivity index (χ0v) is 20.3. The van der Waals surface area contributed by atoms with Gasteiger partial charge in [-0.15, -0.1) is 0 Å². The number of carbonyl (C=O) groups is 1. The fraction of sp³-hybridized carbons (Fsp3) is 0.464. The Balaban J connectivity index is 1.21. The molecule has 1 amide bonds. The number of aromatic amines is 1. The van der Waals surface area contributed by atoms with Crippen molar-refractivity contribution in [2.45, 2.75) is 25.7 Å². The highest BCUT2D eigenvalue weighted by atomic mass is 16.5. The van der Waals surface area contributed by atoms with E-state index in [4.69, 9.17) is 4.74 Å². The van der Waals surface area contributed by atoms with Crippen LogP contribution in [0.3, 0.4) is 0 Å². The number of nitrogens with one attached hydrogen (secondary N) is 1. The minimum absolute atomic E-state index is 0.269. The van der Waals surface area contributed by atoms with Crippen LogP contribution in [0.5, 0.6) is 5.75 Å². The van der Waals surface area contributed by atoms with Crippen molar-refractivity contribution in [3.63, 3.8) is 0 Å². The second kappa shape index (κ2) is 10.6. The van der Waals surface area contributed by atoms with Crippen molar-refractivity contribution in [2.75, 3.05) is 59.5 Å². The van der Waals surface area contributed by atoms with Crippen molar-refractivity contribution in [2.24, 2.45) is 0 Å². The van der Waals surface area contributed by atoms with Crippen molar-refractivity contribution >= 4 is 16.8 Å². The first-order valence-electron chi connectivity index (χ1n) is 12.7. The van der Waals surface area contributed by atoms with Gasteiger partial charge in [0.25, 0.3) is 0 Å². The maximum atomic E-state index is 13.1. The Labute approximate surface area is 202 Å². The number of piperazine rings is 1. The highest BCUT2D eigenvalue weighted by molar-refractivity contribution is 5.91. The summed E-state index contributed by atoms with van der Waals surface area (Å²) < 4.78 is 5.32. The smallest absolute Gasteiger partial charge is 0.222 e. The normalized spacial score (nSPS) is 17.5. The summed E-state index contributed by atoms with van der Waals surface area (Å²) >= 11 is 0. The number of hydrogen-bond donors (Lipinski definition) is 1. The summed E-state index contributed by atoms with van der Waals surface area (Å²) in [6, 6.07) is 16.5. The molecule has 0 spiro atoms. The van der Waals surface area contributed by atoms with Crippen LogP contribution in [0.4, 0.5) is 0 Å². The van der Waals surface area contributed by atoms with Crippen LogP contribution in [-0.2, 0) is 11.2 Å². The number of H-pyrrole nitrogens is 1. The lowest BCUT2D eigenvalue weighted by molar-refractivity contribution is -0.132. The molecule has 1 N–H and O–H groups in total. The van der Waals surface area contributed by atoms with Gasteiger partial charge in [0.1, 0.15) is 5.75 Å². The van der Waals surface area contributed by atoms with Crippen molar-refractivity contribution in [3.8, 4) is 17.0 Å². The molecule has 0 radical (unpaired) electrons. The maximum Gasteiger partial charge on any atom is 0.222 e. The molecule has 0 bridgehead atoms. The number of nitrogens with zero attached hydrogens (tertiary/aromatic N) is 3. The van der Waals surface area contributed by atoms with Gasteiger partial charge in [-0.25, -0.2) is 0 Å². The quantitative estimate of drug-likeness (QED) is 0.552. The molecule has 5 rings (SSSR count). The van der Waals surface area contributed by atoms with E-state index in [0.29, 0.717) is 6.42 Å². The topological polar surface area (TPSA) is 51.8 Å².